The third kappa shape index (κ3) is 4.55. The van der Waals surface area contributed by atoms with E-state index in [1.54, 1.807) is 4.52 Å². The van der Waals surface area contributed by atoms with Crippen molar-refractivity contribution < 1.29 is 0 Å². The fourth-order valence-electron chi connectivity index (χ4n) is 4.90. The highest BCUT2D eigenvalue weighted by Gasteiger charge is 2.20. The summed E-state index contributed by atoms with van der Waals surface area (Å²) < 4.78 is 1.74. The van der Waals surface area contributed by atoms with E-state index < -0.39 is 0 Å². The van der Waals surface area contributed by atoms with Gasteiger partial charge in [0, 0.05) is 36.7 Å². The molecule has 1 aliphatic heterocycles. The first kappa shape index (κ1) is 22.9. The van der Waals surface area contributed by atoms with Crippen LogP contribution in [0.5, 0.6) is 0 Å². The van der Waals surface area contributed by atoms with E-state index in [0.29, 0.717) is 11.5 Å². The van der Waals surface area contributed by atoms with Gasteiger partial charge in [-0.2, -0.15) is 10.4 Å². The lowest BCUT2D eigenvalue weighted by atomic mass is 10.1. The summed E-state index contributed by atoms with van der Waals surface area (Å²) in [5, 5.41) is 14.0. The maximum atomic E-state index is 9.71. The maximum Gasteiger partial charge on any atom is 0.208 e. The second-order valence-corrected chi connectivity index (χ2v) is 9.47. The monoisotopic (exact) mass is 489 g/mol. The fourth-order valence-corrected chi connectivity index (χ4v) is 4.90. The summed E-state index contributed by atoms with van der Waals surface area (Å²) in [6.45, 7) is 5.03. The Kier molecular flexibility index (Phi) is 5.87. The van der Waals surface area contributed by atoms with Crippen molar-refractivity contribution in [2.45, 2.75) is 26.3 Å². The Balaban J connectivity index is 1.43. The number of aryl methyl sites for hydroxylation is 1. The van der Waals surface area contributed by atoms with Crippen molar-refractivity contribution in [1.82, 2.24) is 34.4 Å². The van der Waals surface area contributed by atoms with Crippen LogP contribution < -0.4 is 4.90 Å². The number of nitriles is 1. The molecule has 5 aromatic rings. The highest BCUT2D eigenvalue weighted by Crippen LogP contribution is 2.34. The lowest BCUT2D eigenvalue weighted by Crippen LogP contribution is -2.19. The van der Waals surface area contributed by atoms with Crippen molar-refractivity contribution in [3.8, 4) is 28.7 Å². The minimum Gasteiger partial charge on any atom is -0.322 e. The van der Waals surface area contributed by atoms with E-state index in [-0.39, 0.29) is 0 Å². The van der Waals surface area contributed by atoms with Gasteiger partial charge >= 0.3 is 0 Å². The molecule has 1 N–H and O–H groups in total. The molecule has 5 heterocycles. The van der Waals surface area contributed by atoms with Crippen molar-refractivity contribution in [2.24, 2.45) is 0 Å². The molecule has 9 nitrogen and oxygen atoms in total. The summed E-state index contributed by atoms with van der Waals surface area (Å²) in [6, 6.07) is 18.2. The van der Waals surface area contributed by atoms with Crippen molar-refractivity contribution in [1.29, 1.82) is 5.26 Å². The number of hydrogen-bond acceptors (Lipinski definition) is 7. The molecule has 0 saturated carbocycles. The number of likely N-dealkylation sites (tertiary alicyclic amines) is 1. The topological polar surface area (TPSA) is 102 Å². The fraction of sp³-hybridized carbons (Fsp3) is 0.250. The van der Waals surface area contributed by atoms with E-state index in [1.807, 2.05) is 67.5 Å². The smallest absolute Gasteiger partial charge is 0.208 e. The molecule has 0 bridgehead atoms. The zero-order chi connectivity index (χ0) is 25.4. The first-order valence-electron chi connectivity index (χ1n) is 12.4. The number of anilines is 2. The summed E-state index contributed by atoms with van der Waals surface area (Å²) in [5.41, 5.74) is 7.66. The molecule has 0 spiro atoms. The molecular formula is C28H27N9. The van der Waals surface area contributed by atoms with Crippen LogP contribution in [0.25, 0.3) is 28.3 Å². The van der Waals surface area contributed by atoms with Crippen LogP contribution in [0.2, 0.25) is 0 Å². The molecule has 6 rings (SSSR count). The van der Waals surface area contributed by atoms with Gasteiger partial charge in [0.05, 0.1) is 23.0 Å². The minimum absolute atomic E-state index is 0.641. The summed E-state index contributed by atoms with van der Waals surface area (Å²) in [7, 11) is 1.97. The van der Waals surface area contributed by atoms with E-state index in [4.69, 9.17) is 9.97 Å². The lowest BCUT2D eigenvalue weighted by Gasteiger charge is -2.20. The summed E-state index contributed by atoms with van der Waals surface area (Å²) in [5.74, 6) is 0.661. The highest BCUT2D eigenvalue weighted by molar-refractivity contribution is 5.79. The molecule has 1 aliphatic rings. The van der Waals surface area contributed by atoms with Crippen LogP contribution in [0.15, 0.2) is 61.1 Å². The third-order valence-corrected chi connectivity index (χ3v) is 6.80. The second-order valence-electron chi connectivity index (χ2n) is 9.47. The predicted octanol–water partition coefficient (Wildman–Crippen LogP) is 4.73. The molecule has 0 aliphatic carbocycles. The third-order valence-electron chi connectivity index (χ3n) is 6.80. The van der Waals surface area contributed by atoms with Crippen LogP contribution >= 0.6 is 0 Å². The first-order chi connectivity index (χ1) is 18.1. The molecule has 0 atom stereocenters. The number of fused-ring (bicyclic) bond motifs is 1. The van der Waals surface area contributed by atoms with Crippen LogP contribution in [-0.2, 0) is 6.54 Å². The Morgan fingerprint density at radius 1 is 1.08 bits per heavy atom. The van der Waals surface area contributed by atoms with Gasteiger partial charge < -0.3 is 9.88 Å². The van der Waals surface area contributed by atoms with E-state index in [2.05, 4.69) is 32.1 Å². The van der Waals surface area contributed by atoms with Crippen molar-refractivity contribution in [2.75, 3.05) is 25.0 Å². The highest BCUT2D eigenvalue weighted by atomic mass is 15.3. The number of nitrogens with zero attached hydrogens (tertiary/aromatic N) is 8. The first-order valence-corrected chi connectivity index (χ1v) is 12.4. The molecule has 37 heavy (non-hydrogen) atoms. The molecule has 1 saturated heterocycles. The van der Waals surface area contributed by atoms with E-state index in [1.165, 1.54) is 19.2 Å². The van der Waals surface area contributed by atoms with E-state index >= 15 is 0 Å². The Morgan fingerprint density at radius 3 is 2.76 bits per heavy atom. The lowest BCUT2D eigenvalue weighted by molar-refractivity contribution is 0.331. The number of rotatable bonds is 6. The molecule has 0 amide bonds. The Morgan fingerprint density at radius 2 is 1.95 bits per heavy atom. The number of H-pyrrole nitrogens is 1. The molecule has 4 aromatic heterocycles. The van der Waals surface area contributed by atoms with Gasteiger partial charge in [-0.05, 0) is 80.9 Å². The molecular weight excluding hydrogens is 462 g/mol. The van der Waals surface area contributed by atoms with Crippen molar-refractivity contribution in [3.05, 3.63) is 77.9 Å². The number of hydrogen-bond donors (Lipinski definition) is 1. The number of nitrogens with one attached hydrogen (secondary N) is 1. The molecule has 0 unspecified atom stereocenters. The zero-order valence-electron chi connectivity index (χ0n) is 20.9. The van der Waals surface area contributed by atoms with Crippen LogP contribution in [-0.4, -0.2) is 54.6 Å². The number of pyridine rings is 2. The van der Waals surface area contributed by atoms with Gasteiger partial charge in [-0.15, -0.1) is 0 Å². The Labute approximate surface area is 215 Å². The number of aromatic amines is 1. The Hall–Kier alpha value is -4.55. The standard InChI is InChI=1S/C28H27N9/c1-19-6-5-7-24(32-19)27-26(22-8-9-25-30-18-31-37(25)17-22)33-28(34-27)35(2)23-13-20(15-29)12-21(14-23)16-36-10-3-4-11-36/h5-9,12-14,17-18H,3-4,10-11,16H2,1-2H3,(H,33,34). The quantitative estimate of drug-likeness (QED) is 0.368. The van der Waals surface area contributed by atoms with Crippen LogP contribution in [0.4, 0.5) is 11.6 Å². The van der Waals surface area contributed by atoms with Crippen molar-refractivity contribution in [3.63, 3.8) is 0 Å². The van der Waals surface area contributed by atoms with Gasteiger partial charge in [-0.3, -0.25) is 9.88 Å². The number of imidazole rings is 1. The van der Waals surface area contributed by atoms with Crippen LogP contribution in [0.1, 0.15) is 29.7 Å². The predicted molar refractivity (Wildman–Crippen MR) is 142 cm³/mol. The van der Waals surface area contributed by atoms with Crippen LogP contribution in [0, 0.1) is 18.3 Å². The van der Waals surface area contributed by atoms with E-state index in [9.17, 15) is 5.26 Å². The average Bonchev–Trinajstić information content (AvgIpc) is 3.68. The maximum absolute atomic E-state index is 9.71. The molecule has 9 heteroatoms. The SMILES string of the molecule is Cc1cccc(-c2[nH]c(N(C)c3cc(C#N)cc(CN4CCCC4)c3)nc2-c2ccc3ncnn3c2)n1. The van der Waals surface area contributed by atoms with Gasteiger partial charge in [0.25, 0.3) is 0 Å². The zero-order valence-corrected chi connectivity index (χ0v) is 20.9. The van der Waals surface area contributed by atoms with Crippen LogP contribution in [0.3, 0.4) is 0 Å². The molecule has 1 aromatic carbocycles. The van der Waals surface area contributed by atoms with Gasteiger partial charge in [-0.1, -0.05) is 6.07 Å². The second kappa shape index (κ2) is 9.48. The molecule has 1 fully saturated rings. The molecule has 0 radical (unpaired) electrons. The Bertz CT molecular complexity index is 1620. The summed E-state index contributed by atoms with van der Waals surface area (Å²) in [4.78, 5) is 22.0. The number of aromatic nitrogens is 6. The average molecular weight is 490 g/mol. The number of benzene rings is 1. The normalized spacial score (nSPS) is 13.8. The largest absolute Gasteiger partial charge is 0.322 e. The van der Waals surface area contributed by atoms with Gasteiger partial charge in [-0.25, -0.2) is 14.5 Å². The summed E-state index contributed by atoms with van der Waals surface area (Å²) >= 11 is 0. The van der Waals surface area contributed by atoms with Gasteiger partial charge in [0.1, 0.15) is 12.0 Å². The minimum atomic E-state index is 0.641. The van der Waals surface area contributed by atoms with Crippen molar-refractivity contribution >= 4 is 17.3 Å². The van der Waals surface area contributed by atoms with E-state index in [0.717, 1.165) is 64.9 Å². The van der Waals surface area contributed by atoms with Gasteiger partial charge in [0.15, 0.2) is 5.65 Å². The molecule has 184 valence electrons. The summed E-state index contributed by atoms with van der Waals surface area (Å²) in [6.07, 6.45) is 5.92. The van der Waals surface area contributed by atoms with Gasteiger partial charge in [0.2, 0.25) is 5.95 Å².